The molecule has 0 aromatic carbocycles. The Kier molecular flexibility index (Phi) is 9.65. The lowest BCUT2D eigenvalue weighted by molar-refractivity contribution is -0.136. The maximum atomic E-state index is 10.2. The first-order valence-corrected chi connectivity index (χ1v) is 2.90. The van der Waals surface area contributed by atoms with Crippen LogP contribution in [0.2, 0.25) is 0 Å². The molecular formula is C8H12O3. The summed E-state index contributed by atoms with van der Waals surface area (Å²) >= 11 is 0. The number of carbonyl (C=O) groups is 2. The third-order valence-electron chi connectivity index (χ3n) is 0.630. The molecule has 0 saturated carbocycles. The van der Waals surface area contributed by atoms with Crippen LogP contribution in [0.25, 0.3) is 0 Å². The lowest BCUT2D eigenvalue weighted by Gasteiger charge is -1.91. The van der Waals surface area contributed by atoms with Crippen molar-refractivity contribution in [1.82, 2.24) is 0 Å². The molecule has 0 bridgehead atoms. The van der Waals surface area contributed by atoms with E-state index in [1.807, 2.05) is 0 Å². The molecule has 0 spiro atoms. The number of rotatable bonds is 2. The molecule has 0 radical (unpaired) electrons. The summed E-state index contributed by atoms with van der Waals surface area (Å²) in [7, 11) is 1.33. The minimum absolute atomic E-state index is 0.347. The Morgan fingerprint density at radius 1 is 1.55 bits per heavy atom. The van der Waals surface area contributed by atoms with Crippen molar-refractivity contribution in [2.24, 2.45) is 0 Å². The molecule has 0 atom stereocenters. The molecule has 0 aromatic rings. The van der Waals surface area contributed by atoms with Crippen LogP contribution in [-0.4, -0.2) is 19.4 Å². The summed E-state index contributed by atoms with van der Waals surface area (Å²) in [5, 5.41) is 0. The standard InChI is InChI=1S/C5H8O2.C3H4O/c1-4(2)5(6)7-3;1-2-3-4/h1H2,2-3H3;2-3H,1H2. The van der Waals surface area contributed by atoms with Gasteiger partial charge in [0, 0.05) is 5.57 Å². The Morgan fingerprint density at radius 2 is 1.91 bits per heavy atom. The number of carbonyl (C=O) groups excluding carboxylic acids is 2. The van der Waals surface area contributed by atoms with Crippen molar-refractivity contribution in [2.75, 3.05) is 7.11 Å². The van der Waals surface area contributed by atoms with Crippen LogP contribution in [0.3, 0.4) is 0 Å². The van der Waals surface area contributed by atoms with E-state index >= 15 is 0 Å². The van der Waals surface area contributed by atoms with Gasteiger partial charge in [-0.3, -0.25) is 4.79 Å². The predicted molar refractivity (Wildman–Crippen MR) is 43.1 cm³/mol. The normalized spacial score (nSPS) is 6.73. The highest BCUT2D eigenvalue weighted by Gasteiger charge is 1.95. The van der Waals surface area contributed by atoms with E-state index in [4.69, 9.17) is 4.79 Å². The maximum absolute atomic E-state index is 10.2. The number of hydrogen-bond donors (Lipinski definition) is 0. The second-order valence-electron chi connectivity index (χ2n) is 1.64. The average Bonchev–Trinajstić information content (AvgIpc) is 2.03. The van der Waals surface area contributed by atoms with Gasteiger partial charge in [0.05, 0.1) is 7.11 Å². The van der Waals surface area contributed by atoms with Crippen LogP contribution in [0, 0.1) is 0 Å². The zero-order valence-electron chi connectivity index (χ0n) is 6.79. The molecule has 0 aliphatic carbocycles. The van der Waals surface area contributed by atoms with Crippen molar-refractivity contribution in [3.8, 4) is 0 Å². The van der Waals surface area contributed by atoms with E-state index in [-0.39, 0.29) is 5.97 Å². The predicted octanol–water partition coefficient (Wildman–Crippen LogP) is 1.11. The first-order valence-electron chi connectivity index (χ1n) is 2.90. The molecule has 3 nitrogen and oxygen atoms in total. The quantitative estimate of drug-likeness (QED) is 0.341. The van der Waals surface area contributed by atoms with Crippen LogP contribution in [0.1, 0.15) is 6.92 Å². The van der Waals surface area contributed by atoms with E-state index in [2.05, 4.69) is 17.9 Å². The van der Waals surface area contributed by atoms with E-state index in [0.29, 0.717) is 11.9 Å². The molecular weight excluding hydrogens is 144 g/mol. The first-order chi connectivity index (χ1) is 5.09. The molecule has 11 heavy (non-hydrogen) atoms. The van der Waals surface area contributed by atoms with Crippen molar-refractivity contribution >= 4 is 12.3 Å². The van der Waals surface area contributed by atoms with Crippen molar-refractivity contribution in [3.63, 3.8) is 0 Å². The molecule has 0 aliphatic heterocycles. The third kappa shape index (κ3) is 12.0. The fourth-order valence-corrected chi connectivity index (χ4v) is 0.174. The van der Waals surface area contributed by atoms with E-state index in [0.717, 1.165) is 0 Å². The Bertz CT molecular complexity index is 153. The van der Waals surface area contributed by atoms with Crippen molar-refractivity contribution < 1.29 is 14.3 Å². The molecule has 0 saturated heterocycles. The second kappa shape index (κ2) is 8.62. The van der Waals surface area contributed by atoms with Gasteiger partial charge in [-0.25, -0.2) is 4.79 Å². The van der Waals surface area contributed by atoms with Gasteiger partial charge in [-0.2, -0.15) is 0 Å². The van der Waals surface area contributed by atoms with Crippen LogP contribution in [0.4, 0.5) is 0 Å². The fraction of sp³-hybridized carbons (Fsp3) is 0.250. The Morgan fingerprint density at radius 3 is 1.91 bits per heavy atom. The number of aldehydes is 1. The number of hydrogen-bond acceptors (Lipinski definition) is 3. The zero-order valence-corrected chi connectivity index (χ0v) is 6.79. The van der Waals surface area contributed by atoms with Gasteiger partial charge >= 0.3 is 5.97 Å². The molecule has 3 heteroatoms. The van der Waals surface area contributed by atoms with Gasteiger partial charge < -0.3 is 4.74 Å². The summed E-state index contributed by atoms with van der Waals surface area (Å²) in [5.41, 5.74) is 0.433. The number of esters is 1. The largest absolute Gasteiger partial charge is 0.466 e. The average molecular weight is 156 g/mol. The van der Waals surface area contributed by atoms with Crippen molar-refractivity contribution in [2.45, 2.75) is 6.92 Å². The van der Waals surface area contributed by atoms with Crippen LogP contribution in [-0.2, 0) is 14.3 Å². The number of allylic oxidation sites excluding steroid dienone is 1. The monoisotopic (exact) mass is 156 g/mol. The van der Waals surface area contributed by atoms with Gasteiger partial charge in [0.15, 0.2) is 0 Å². The number of ether oxygens (including phenoxy) is 1. The SMILES string of the molecule is C=C(C)C(=O)OC.C=CC=O. The molecule has 0 aromatic heterocycles. The maximum Gasteiger partial charge on any atom is 0.332 e. The first kappa shape index (κ1) is 12.3. The van der Waals surface area contributed by atoms with Crippen LogP contribution >= 0.6 is 0 Å². The summed E-state index contributed by atoms with van der Waals surface area (Å²) in [4.78, 5) is 19.2. The fourth-order valence-electron chi connectivity index (χ4n) is 0.174. The highest BCUT2D eigenvalue weighted by atomic mass is 16.5. The van der Waals surface area contributed by atoms with Gasteiger partial charge in [0.2, 0.25) is 0 Å². The van der Waals surface area contributed by atoms with E-state index in [1.54, 1.807) is 6.92 Å². The summed E-state index contributed by atoms with van der Waals surface area (Å²) in [6.45, 7) is 8.07. The highest BCUT2D eigenvalue weighted by molar-refractivity contribution is 5.86. The minimum atomic E-state index is -0.347. The molecule has 62 valence electrons. The lowest BCUT2D eigenvalue weighted by atomic mass is 10.4. The topological polar surface area (TPSA) is 43.4 Å². The third-order valence-corrected chi connectivity index (χ3v) is 0.630. The number of methoxy groups -OCH3 is 1. The second-order valence-corrected chi connectivity index (χ2v) is 1.64. The summed E-state index contributed by atoms with van der Waals surface area (Å²) in [5.74, 6) is -0.347. The van der Waals surface area contributed by atoms with Gasteiger partial charge in [-0.15, -0.1) is 0 Å². The van der Waals surface area contributed by atoms with E-state index < -0.39 is 0 Å². The van der Waals surface area contributed by atoms with Gasteiger partial charge in [0.1, 0.15) is 6.29 Å². The summed E-state index contributed by atoms with van der Waals surface area (Å²) in [6, 6.07) is 0. The summed E-state index contributed by atoms with van der Waals surface area (Å²) < 4.78 is 4.27. The van der Waals surface area contributed by atoms with Crippen molar-refractivity contribution in [1.29, 1.82) is 0 Å². The molecule has 0 aliphatic rings. The Balaban J connectivity index is 0. The van der Waals surface area contributed by atoms with Gasteiger partial charge in [0.25, 0.3) is 0 Å². The summed E-state index contributed by atoms with van der Waals surface area (Å²) in [6.07, 6.45) is 1.83. The molecule has 0 rings (SSSR count). The van der Waals surface area contributed by atoms with Gasteiger partial charge in [-0.05, 0) is 13.0 Å². The van der Waals surface area contributed by atoms with Gasteiger partial charge in [-0.1, -0.05) is 13.2 Å². The van der Waals surface area contributed by atoms with Crippen LogP contribution < -0.4 is 0 Å². The molecule has 0 N–H and O–H groups in total. The lowest BCUT2D eigenvalue weighted by Crippen LogP contribution is -1.98. The zero-order chi connectivity index (χ0) is 9.28. The molecule has 0 fully saturated rings. The highest BCUT2D eigenvalue weighted by Crippen LogP contribution is 1.87. The Labute approximate surface area is 66.4 Å². The minimum Gasteiger partial charge on any atom is -0.466 e. The molecule has 0 heterocycles. The smallest absolute Gasteiger partial charge is 0.332 e. The van der Waals surface area contributed by atoms with E-state index in [1.165, 1.54) is 13.2 Å². The van der Waals surface area contributed by atoms with E-state index in [9.17, 15) is 4.79 Å². The van der Waals surface area contributed by atoms with Crippen molar-refractivity contribution in [3.05, 3.63) is 24.8 Å². The Hall–Kier alpha value is -1.38. The molecule has 0 unspecified atom stereocenters. The van der Waals surface area contributed by atoms with Crippen LogP contribution in [0.15, 0.2) is 24.8 Å². The molecule has 0 amide bonds. The van der Waals surface area contributed by atoms with Crippen LogP contribution in [0.5, 0.6) is 0 Å².